The topological polar surface area (TPSA) is 90.0 Å². The number of halogens is 1. The summed E-state index contributed by atoms with van der Waals surface area (Å²) in [5.74, 6) is -0.716. The van der Waals surface area contributed by atoms with E-state index in [-0.39, 0.29) is 24.2 Å². The van der Waals surface area contributed by atoms with Gasteiger partial charge in [-0.3, -0.25) is 4.79 Å². The number of nitrogens with zero attached hydrogens (tertiary/aromatic N) is 1. The van der Waals surface area contributed by atoms with Crippen LogP contribution in [-0.4, -0.2) is 63.0 Å². The molecule has 9 heteroatoms. The number of likely N-dealkylation sites (N-methyl/N-ethyl adjacent to an activating group) is 1. The minimum absolute atomic E-state index is 0.0545. The van der Waals surface area contributed by atoms with Crippen LogP contribution in [0, 0.1) is 0 Å². The molecule has 1 aliphatic heterocycles. The lowest BCUT2D eigenvalue weighted by Gasteiger charge is -2.23. The Balaban J connectivity index is 1.74. The van der Waals surface area contributed by atoms with Gasteiger partial charge in [-0.15, -0.1) is 0 Å². The zero-order valence-electron chi connectivity index (χ0n) is 13.1. The summed E-state index contributed by atoms with van der Waals surface area (Å²) < 4.78 is 32.9. The zero-order valence-corrected chi connectivity index (χ0v) is 14.7. The molecule has 0 bridgehead atoms. The zero-order chi connectivity index (χ0) is 17.7. The average Bonchev–Trinajstić information content (AvgIpc) is 2.90. The van der Waals surface area contributed by atoms with Crippen LogP contribution >= 0.6 is 11.6 Å². The van der Waals surface area contributed by atoms with Crippen LogP contribution in [-0.2, 0) is 24.2 Å². The monoisotopic (exact) mass is 375 g/mol. The molecule has 132 valence electrons. The van der Waals surface area contributed by atoms with E-state index in [4.69, 9.17) is 21.1 Å². The van der Waals surface area contributed by atoms with Gasteiger partial charge in [-0.25, -0.2) is 13.2 Å². The van der Waals surface area contributed by atoms with Crippen molar-refractivity contribution < 1.29 is 27.5 Å². The Labute approximate surface area is 145 Å². The second-order valence-corrected chi connectivity index (χ2v) is 8.13. The van der Waals surface area contributed by atoms with E-state index in [2.05, 4.69) is 0 Å². The van der Waals surface area contributed by atoms with Crippen molar-refractivity contribution in [3.8, 4) is 5.75 Å². The molecule has 1 aromatic carbocycles. The van der Waals surface area contributed by atoms with Crippen LogP contribution in [0.3, 0.4) is 0 Å². The number of benzene rings is 1. The van der Waals surface area contributed by atoms with Gasteiger partial charge in [0.05, 0.1) is 11.5 Å². The first-order valence-corrected chi connectivity index (χ1v) is 9.47. The summed E-state index contributed by atoms with van der Waals surface area (Å²) >= 11 is 5.79. The van der Waals surface area contributed by atoms with Gasteiger partial charge in [0.25, 0.3) is 5.91 Å². The molecule has 1 aromatic rings. The molecular weight excluding hydrogens is 358 g/mol. The van der Waals surface area contributed by atoms with Gasteiger partial charge in [0.2, 0.25) is 0 Å². The third-order valence-corrected chi connectivity index (χ3v) is 5.64. The Morgan fingerprint density at radius 2 is 2.08 bits per heavy atom. The lowest BCUT2D eigenvalue weighted by molar-refractivity contribution is -0.153. The van der Waals surface area contributed by atoms with Crippen molar-refractivity contribution in [1.29, 1.82) is 0 Å². The van der Waals surface area contributed by atoms with Crippen molar-refractivity contribution in [2.24, 2.45) is 0 Å². The van der Waals surface area contributed by atoms with Crippen molar-refractivity contribution in [3.05, 3.63) is 29.3 Å². The molecule has 1 heterocycles. The minimum atomic E-state index is -3.08. The number of hydrogen-bond donors (Lipinski definition) is 0. The summed E-state index contributed by atoms with van der Waals surface area (Å²) in [4.78, 5) is 24.9. The first-order chi connectivity index (χ1) is 11.3. The third-order valence-electron chi connectivity index (χ3n) is 3.66. The largest absolute Gasteiger partial charge is 0.482 e. The van der Waals surface area contributed by atoms with Crippen LogP contribution in [0.15, 0.2) is 24.3 Å². The molecule has 1 aliphatic rings. The summed E-state index contributed by atoms with van der Waals surface area (Å²) in [6.07, 6.45) is 0.399. The highest BCUT2D eigenvalue weighted by molar-refractivity contribution is 7.91. The van der Waals surface area contributed by atoms with Crippen molar-refractivity contribution in [1.82, 2.24) is 4.90 Å². The molecule has 0 aliphatic carbocycles. The summed E-state index contributed by atoms with van der Waals surface area (Å²) in [7, 11) is -1.58. The maximum Gasteiger partial charge on any atom is 0.344 e. The lowest BCUT2D eigenvalue weighted by Crippen LogP contribution is -2.40. The van der Waals surface area contributed by atoms with Crippen LogP contribution in [0.25, 0.3) is 0 Å². The van der Waals surface area contributed by atoms with E-state index < -0.39 is 28.3 Å². The number of hydrogen-bond acceptors (Lipinski definition) is 6. The highest BCUT2D eigenvalue weighted by Crippen LogP contribution is 2.17. The van der Waals surface area contributed by atoms with Gasteiger partial charge in [0.1, 0.15) is 5.75 Å². The molecule has 24 heavy (non-hydrogen) atoms. The van der Waals surface area contributed by atoms with Crippen molar-refractivity contribution >= 4 is 33.3 Å². The summed E-state index contributed by atoms with van der Waals surface area (Å²) in [6.45, 7) is -0.806. The maximum absolute atomic E-state index is 12.0. The van der Waals surface area contributed by atoms with Crippen molar-refractivity contribution in [2.45, 2.75) is 12.5 Å². The van der Waals surface area contributed by atoms with Crippen LogP contribution in [0.2, 0.25) is 5.02 Å². The van der Waals surface area contributed by atoms with Gasteiger partial charge in [0, 0.05) is 18.1 Å². The number of carbonyl (C=O) groups is 2. The van der Waals surface area contributed by atoms with Gasteiger partial charge in [-0.2, -0.15) is 0 Å². The Bertz CT molecular complexity index is 720. The molecule has 1 saturated heterocycles. The fourth-order valence-electron chi connectivity index (χ4n) is 2.27. The molecular formula is C15H18ClNO6S. The number of carbonyl (C=O) groups excluding carboxylic acids is 2. The highest BCUT2D eigenvalue weighted by Gasteiger charge is 2.32. The van der Waals surface area contributed by atoms with Crippen LogP contribution in [0.1, 0.15) is 6.42 Å². The van der Waals surface area contributed by atoms with Gasteiger partial charge in [0.15, 0.2) is 23.1 Å². The second-order valence-electron chi connectivity index (χ2n) is 5.47. The van der Waals surface area contributed by atoms with E-state index in [0.29, 0.717) is 17.2 Å². The molecule has 7 nitrogen and oxygen atoms in total. The quantitative estimate of drug-likeness (QED) is 0.686. The predicted octanol–water partition coefficient (Wildman–Crippen LogP) is 0.907. The molecule has 0 aromatic heterocycles. The fourth-order valence-corrected chi connectivity index (χ4v) is 4.22. The summed E-state index contributed by atoms with van der Waals surface area (Å²) in [6, 6.07) is 6.16. The number of esters is 1. The predicted molar refractivity (Wildman–Crippen MR) is 87.7 cm³/mol. The SMILES string of the molecule is CN(C(=O)COC(=O)COc1cccc(Cl)c1)[C@@H]1CCS(=O)(=O)C1. The number of ether oxygens (including phenoxy) is 2. The standard InChI is InChI=1S/C15H18ClNO6S/c1-17(12-5-6-24(20,21)10-12)14(18)8-23-15(19)9-22-13-4-2-3-11(16)7-13/h2-4,7,12H,5-6,8-10H2,1H3/t12-/m1/s1. The minimum Gasteiger partial charge on any atom is -0.482 e. The van der Waals surface area contributed by atoms with Gasteiger partial charge in [-0.05, 0) is 24.6 Å². The van der Waals surface area contributed by atoms with Gasteiger partial charge >= 0.3 is 5.97 Å². The Morgan fingerprint density at radius 3 is 2.71 bits per heavy atom. The van der Waals surface area contributed by atoms with Crippen LogP contribution in [0.5, 0.6) is 5.75 Å². The lowest BCUT2D eigenvalue weighted by atomic mass is 10.2. The normalized spacial score (nSPS) is 18.8. The van der Waals surface area contributed by atoms with Gasteiger partial charge < -0.3 is 14.4 Å². The molecule has 2 rings (SSSR count). The average molecular weight is 376 g/mol. The van der Waals surface area contributed by atoms with E-state index in [1.54, 1.807) is 24.3 Å². The van der Waals surface area contributed by atoms with E-state index in [1.165, 1.54) is 11.9 Å². The summed E-state index contributed by atoms with van der Waals surface area (Å²) in [5.41, 5.74) is 0. The van der Waals surface area contributed by atoms with E-state index in [1.807, 2.05) is 0 Å². The van der Waals surface area contributed by atoms with E-state index >= 15 is 0 Å². The number of sulfone groups is 1. The molecule has 0 N–H and O–H groups in total. The van der Waals surface area contributed by atoms with E-state index in [9.17, 15) is 18.0 Å². The molecule has 0 saturated carbocycles. The van der Waals surface area contributed by atoms with Crippen LogP contribution in [0.4, 0.5) is 0 Å². The van der Waals surface area contributed by atoms with Gasteiger partial charge in [-0.1, -0.05) is 17.7 Å². The molecule has 1 atom stereocenters. The fraction of sp³-hybridized carbons (Fsp3) is 0.467. The third kappa shape index (κ3) is 5.38. The molecule has 0 unspecified atom stereocenters. The first-order valence-electron chi connectivity index (χ1n) is 7.27. The second kappa shape index (κ2) is 7.85. The first kappa shape index (κ1) is 18.5. The van der Waals surface area contributed by atoms with Crippen molar-refractivity contribution in [3.63, 3.8) is 0 Å². The maximum atomic E-state index is 12.0. The van der Waals surface area contributed by atoms with Crippen LogP contribution < -0.4 is 4.74 Å². The molecule has 0 radical (unpaired) electrons. The Hall–Kier alpha value is -1.80. The number of rotatable bonds is 6. The summed E-state index contributed by atoms with van der Waals surface area (Å²) in [5, 5.41) is 0.476. The van der Waals surface area contributed by atoms with Crippen molar-refractivity contribution in [2.75, 3.05) is 31.8 Å². The molecule has 1 amide bonds. The Kier molecular flexibility index (Phi) is 6.06. The molecule has 0 spiro atoms. The number of amides is 1. The smallest absolute Gasteiger partial charge is 0.344 e. The van der Waals surface area contributed by atoms with E-state index in [0.717, 1.165) is 0 Å². The highest BCUT2D eigenvalue weighted by atomic mass is 35.5. The Morgan fingerprint density at radius 1 is 1.33 bits per heavy atom. The molecule has 1 fully saturated rings.